The number of rotatable bonds is 4. The summed E-state index contributed by atoms with van der Waals surface area (Å²) >= 11 is 0. The van der Waals surface area contributed by atoms with E-state index >= 15 is 0 Å². The smallest absolute Gasteiger partial charge is 0.241 e. The van der Waals surface area contributed by atoms with Crippen LogP contribution in [-0.2, 0) is 30.0 Å². The number of fused-ring (bicyclic) bond motifs is 2. The number of carbonyl (C=O) groups excluding carboxylic acids is 4. The number of imide groups is 2. The third kappa shape index (κ3) is 3.10. The van der Waals surface area contributed by atoms with Crippen LogP contribution < -0.4 is 0 Å². The van der Waals surface area contributed by atoms with Gasteiger partial charge in [-0.2, -0.15) is 0 Å². The van der Waals surface area contributed by atoms with Gasteiger partial charge in [-0.25, -0.2) is 0 Å². The van der Waals surface area contributed by atoms with E-state index in [0.29, 0.717) is 0 Å². The summed E-state index contributed by atoms with van der Waals surface area (Å²) < 4.78 is 0. The van der Waals surface area contributed by atoms with Crippen LogP contribution in [0.2, 0.25) is 0 Å². The Morgan fingerprint density at radius 3 is 1.00 bits per heavy atom. The molecule has 4 aliphatic rings. The molecule has 0 N–H and O–H groups in total. The third-order valence-corrected chi connectivity index (χ3v) is 11.0. The summed E-state index contributed by atoms with van der Waals surface area (Å²) in [4.78, 5) is 54.0. The number of hydrogen-bond donors (Lipinski definition) is 0. The molecule has 2 heterocycles. The molecule has 220 valence electrons. The second-order valence-electron chi connectivity index (χ2n) is 12.8. The van der Waals surface area contributed by atoms with E-state index in [1.165, 1.54) is 9.80 Å². The van der Waals surface area contributed by atoms with Gasteiger partial charge in [0.05, 0.1) is 21.7 Å². The molecule has 8 rings (SSSR count). The molecule has 0 radical (unpaired) electrons. The molecule has 2 saturated carbocycles. The van der Waals surface area contributed by atoms with Crippen LogP contribution in [0.1, 0.15) is 47.9 Å². The Morgan fingerprint density at radius 2 is 0.705 bits per heavy atom. The highest BCUT2D eigenvalue weighted by atomic mass is 16.2. The first-order valence-corrected chi connectivity index (χ1v) is 15.0. The summed E-state index contributed by atoms with van der Waals surface area (Å²) in [6, 6.07) is 39.3. The molecule has 44 heavy (non-hydrogen) atoms. The third-order valence-electron chi connectivity index (χ3n) is 11.0. The first-order valence-electron chi connectivity index (χ1n) is 15.0. The molecule has 2 saturated heterocycles. The first kappa shape index (κ1) is 28.0. The van der Waals surface area contributed by atoms with Gasteiger partial charge < -0.3 is 0 Å². The monoisotopic (exact) mass is 582 g/mol. The lowest BCUT2D eigenvalue weighted by molar-refractivity contribution is -0.143. The number of amides is 4. The van der Waals surface area contributed by atoms with Crippen molar-refractivity contribution in [3.05, 3.63) is 144 Å². The maximum Gasteiger partial charge on any atom is 0.241 e. The van der Waals surface area contributed by atoms with Crippen LogP contribution in [0, 0.1) is 10.8 Å². The van der Waals surface area contributed by atoms with Crippen LogP contribution in [0.4, 0.5) is 0 Å². The van der Waals surface area contributed by atoms with E-state index in [9.17, 15) is 19.2 Å². The lowest BCUT2D eigenvalue weighted by atomic mass is 9.88. The van der Waals surface area contributed by atoms with E-state index in [-0.39, 0.29) is 35.5 Å². The molecular weight excluding hydrogens is 548 g/mol. The normalized spacial score (nSPS) is 33.0. The Balaban J connectivity index is 0.000000142. The SMILES string of the molecule is CN1C(=O)[C@@]2(C)[C@@H](c3ccccc3)[C@@]2(c2ccccc2)C1=O.CN1C(=O)[C@]2(C)[C@H](c3ccccc3)[C@]2(c2ccccc2)C1=O. The van der Waals surface area contributed by atoms with Gasteiger partial charge in [-0.15, -0.1) is 0 Å². The van der Waals surface area contributed by atoms with Crippen molar-refractivity contribution < 1.29 is 19.2 Å². The van der Waals surface area contributed by atoms with Gasteiger partial charge in [0.2, 0.25) is 23.6 Å². The zero-order chi connectivity index (χ0) is 31.1. The topological polar surface area (TPSA) is 74.8 Å². The molecule has 4 aromatic rings. The van der Waals surface area contributed by atoms with Crippen molar-refractivity contribution in [2.45, 2.75) is 36.5 Å². The van der Waals surface area contributed by atoms with Crippen molar-refractivity contribution in [2.75, 3.05) is 14.1 Å². The van der Waals surface area contributed by atoms with Crippen molar-refractivity contribution in [2.24, 2.45) is 10.8 Å². The minimum absolute atomic E-state index is 0.0739. The van der Waals surface area contributed by atoms with Crippen molar-refractivity contribution in [3.63, 3.8) is 0 Å². The van der Waals surface area contributed by atoms with Gasteiger partial charge in [-0.1, -0.05) is 121 Å². The molecule has 4 aromatic carbocycles. The van der Waals surface area contributed by atoms with Crippen molar-refractivity contribution in [1.29, 1.82) is 0 Å². The summed E-state index contributed by atoms with van der Waals surface area (Å²) in [6.45, 7) is 3.86. The minimum Gasteiger partial charge on any atom is -0.284 e. The molecule has 0 spiro atoms. The number of likely N-dealkylation sites (N-methyl/N-ethyl adjacent to an activating group) is 2. The Morgan fingerprint density at radius 1 is 0.432 bits per heavy atom. The molecule has 2 aliphatic carbocycles. The molecule has 6 nitrogen and oxygen atoms in total. The number of nitrogens with zero attached hydrogens (tertiary/aromatic N) is 2. The van der Waals surface area contributed by atoms with Gasteiger partial charge in [0.1, 0.15) is 0 Å². The number of benzene rings is 4. The average molecular weight is 583 g/mol. The predicted molar refractivity (Wildman–Crippen MR) is 166 cm³/mol. The number of piperidine rings is 2. The van der Waals surface area contributed by atoms with Gasteiger partial charge in [-0.3, -0.25) is 29.0 Å². The number of likely N-dealkylation sites (tertiary alicyclic amines) is 2. The Kier molecular flexibility index (Phi) is 5.93. The molecule has 6 atom stereocenters. The summed E-state index contributed by atoms with van der Waals surface area (Å²) in [5.41, 5.74) is 1.14. The molecule has 0 bridgehead atoms. The van der Waals surface area contributed by atoms with Crippen LogP contribution in [0.25, 0.3) is 0 Å². The van der Waals surface area contributed by atoms with Crippen molar-refractivity contribution >= 4 is 23.6 Å². The second kappa shape index (κ2) is 9.33. The fourth-order valence-electron chi connectivity index (χ4n) is 8.96. The maximum atomic E-state index is 13.0. The number of hydrogen-bond acceptors (Lipinski definition) is 4. The van der Waals surface area contributed by atoms with E-state index in [1.807, 2.05) is 135 Å². The quantitative estimate of drug-likeness (QED) is 0.300. The van der Waals surface area contributed by atoms with Gasteiger partial charge in [0, 0.05) is 25.9 Å². The maximum absolute atomic E-state index is 13.0. The molecule has 4 amide bonds. The highest BCUT2D eigenvalue weighted by Crippen LogP contribution is 2.79. The highest BCUT2D eigenvalue weighted by Gasteiger charge is 2.88. The summed E-state index contributed by atoms with van der Waals surface area (Å²) in [7, 11) is 3.18. The predicted octanol–water partition coefficient (Wildman–Crippen LogP) is 5.45. The summed E-state index contributed by atoms with van der Waals surface area (Å²) in [5.74, 6) is -0.481. The van der Waals surface area contributed by atoms with E-state index < -0.39 is 21.7 Å². The zero-order valence-corrected chi connectivity index (χ0v) is 25.2. The van der Waals surface area contributed by atoms with E-state index in [2.05, 4.69) is 0 Å². The van der Waals surface area contributed by atoms with Gasteiger partial charge in [-0.05, 0) is 36.1 Å². The molecular formula is C38H34N2O4. The number of carbonyl (C=O) groups is 4. The highest BCUT2D eigenvalue weighted by molar-refractivity contribution is 6.20. The zero-order valence-electron chi connectivity index (χ0n) is 25.2. The summed E-state index contributed by atoms with van der Waals surface area (Å²) in [5, 5.41) is 0. The first-order chi connectivity index (χ1) is 21.1. The van der Waals surface area contributed by atoms with Crippen LogP contribution in [-0.4, -0.2) is 47.5 Å². The standard InChI is InChI=1S/2C19H17NO2/c2*1-18-15(13-9-5-3-6-10-13)19(18,14-11-7-4-8-12-14)17(22)20(2)16(18)21/h2*3-12,15H,1-2H3/t2*15-,18-,19+/m10/s1. The van der Waals surface area contributed by atoms with Crippen molar-refractivity contribution in [1.82, 2.24) is 9.80 Å². The summed E-state index contributed by atoms with van der Waals surface area (Å²) in [6.07, 6.45) is 0. The molecule has 6 heteroatoms. The Labute approximate surface area is 257 Å². The van der Waals surface area contributed by atoms with Crippen molar-refractivity contribution in [3.8, 4) is 0 Å². The van der Waals surface area contributed by atoms with Crippen LogP contribution >= 0.6 is 0 Å². The van der Waals surface area contributed by atoms with Crippen LogP contribution in [0.3, 0.4) is 0 Å². The van der Waals surface area contributed by atoms with Gasteiger partial charge >= 0.3 is 0 Å². The fraction of sp³-hybridized carbons (Fsp3) is 0.263. The lowest BCUT2D eigenvalue weighted by Gasteiger charge is -2.19. The Bertz CT molecular complexity index is 1680. The van der Waals surface area contributed by atoms with E-state index in [1.54, 1.807) is 14.1 Å². The largest absolute Gasteiger partial charge is 0.284 e. The fourth-order valence-corrected chi connectivity index (χ4v) is 8.96. The van der Waals surface area contributed by atoms with Gasteiger partial charge in [0.15, 0.2) is 0 Å². The second-order valence-corrected chi connectivity index (χ2v) is 12.8. The van der Waals surface area contributed by atoms with Crippen LogP contribution in [0.5, 0.6) is 0 Å². The van der Waals surface area contributed by atoms with E-state index in [0.717, 1.165) is 22.3 Å². The Hall–Kier alpha value is -4.84. The molecule has 0 unspecified atom stereocenters. The minimum atomic E-state index is -0.749. The van der Waals surface area contributed by atoms with Gasteiger partial charge in [0.25, 0.3) is 0 Å². The molecule has 0 aromatic heterocycles. The lowest BCUT2D eigenvalue weighted by Crippen LogP contribution is -2.35. The van der Waals surface area contributed by atoms with E-state index in [4.69, 9.17) is 0 Å². The average Bonchev–Trinajstić information content (AvgIpc) is 3.84. The molecule has 4 fully saturated rings. The molecule has 2 aliphatic heterocycles. The van der Waals surface area contributed by atoms with Crippen LogP contribution in [0.15, 0.2) is 121 Å².